The van der Waals surface area contributed by atoms with Gasteiger partial charge in [-0.2, -0.15) is 4.98 Å². The zero-order chi connectivity index (χ0) is 25.9. The maximum atomic E-state index is 12.7. The summed E-state index contributed by atoms with van der Waals surface area (Å²) in [5.74, 6) is 2.00. The number of anilines is 1. The van der Waals surface area contributed by atoms with E-state index in [0.29, 0.717) is 29.0 Å². The van der Waals surface area contributed by atoms with Crippen LogP contribution in [0.4, 0.5) is 5.95 Å². The molecule has 1 aliphatic heterocycles. The fraction of sp³-hybridized carbons (Fsp3) is 0.207. The lowest BCUT2D eigenvalue weighted by Crippen LogP contribution is -2.27. The molecule has 4 aromatic rings. The van der Waals surface area contributed by atoms with E-state index < -0.39 is 0 Å². The molecule has 0 saturated heterocycles. The number of rotatable bonds is 8. The van der Waals surface area contributed by atoms with Crippen molar-refractivity contribution < 1.29 is 9.53 Å². The lowest BCUT2D eigenvalue weighted by molar-refractivity contribution is -0.114. The molecule has 6 nitrogen and oxygen atoms in total. The van der Waals surface area contributed by atoms with Gasteiger partial charge in [-0.25, -0.2) is 4.68 Å². The Morgan fingerprint density at radius 3 is 2.49 bits per heavy atom. The van der Waals surface area contributed by atoms with Crippen molar-refractivity contribution in [2.45, 2.75) is 44.3 Å². The van der Waals surface area contributed by atoms with Crippen molar-refractivity contribution in [1.82, 2.24) is 14.8 Å². The zero-order valence-corrected chi connectivity index (χ0v) is 22.4. The number of Topliss-reactive ketones (excluding diaryl/α,β-unsaturated/α-hetero) is 1. The van der Waals surface area contributed by atoms with Crippen LogP contribution in [0.2, 0.25) is 5.02 Å². The lowest BCUT2D eigenvalue weighted by Gasteiger charge is -2.28. The highest BCUT2D eigenvalue weighted by atomic mass is 35.5. The second-order valence-electron chi connectivity index (χ2n) is 9.01. The van der Waals surface area contributed by atoms with Gasteiger partial charge in [0.05, 0.1) is 0 Å². The zero-order valence-electron chi connectivity index (χ0n) is 20.9. The number of aromatic nitrogens is 3. The number of ether oxygens (including phenoxy) is 1. The summed E-state index contributed by atoms with van der Waals surface area (Å²) in [6.07, 6.45) is 0. The molecule has 1 unspecified atom stereocenters. The van der Waals surface area contributed by atoms with Gasteiger partial charge in [0.1, 0.15) is 18.4 Å². The summed E-state index contributed by atoms with van der Waals surface area (Å²) in [6, 6.07) is 23.5. The van der Waals surface area contributed by atoms with Gasteiger partial charge < -0.3 is 10.1 Å². The number of nitrogens with zero attached hydrogens (tertiary/aromatic N) is 3. The number of halogens is 1. The molecular weight excluding hydrogens is 504 g/mol. The third-order valence-electron chi connectivity index (χ3n) is 6.25. The number of nitrogens with one attached hydrogen (secondary N) is 1. The monoisotopic (exact) mass is 530 g/mol. The topological polar surface area (TPSA) is 69.0 Å². The largest absolute Gasteiger partial charge is 0.489 e. The highest BCUT2D eigenvalue weighted by molar-refractivity contribution is 7.98. The predicted molar refractivity (Wildman–Crippen MR) is 148 cm³/mol. The molecule has 37 heavy (non-hydrogen) atoms. The Kier molecular flexibility index (Phi) is 7.35. The van der Waals surface area contributed by atoms with Crippen LogP contribution in [-0.2, 0) is 17.2 Å². The summed E-state index contributed by atoms with van der Waals surface area (Å²) >= 11 is 7.82. The van der Waals surface area contributed by atoms with Gasteiger partial charge in [-0.3, -0.25) is 4.79 Å². The molecule has 0 bridgehead atoms. The number of carbonyl (C=O) groups excluding carboxylic acids is 1. The van der Waals surface area contributed by atoms with Crippen LogP contribution in [0, 0.1) is 6.92 Å². The smallest absolute Gasteiger partial charge is 0.227 e. The molecule has 3 aromatic carbocycles. The summed E-state index contributed by atoms with van der Waals surface area (Å²) in [5.41, 5.74) is 5.72. The van der Waals surface area contributed by atoms with Crippen molar-refractivity contribution in [3.05, 3.63) is 111 Å². The van der Waals surface area contributed by atoms with Crippen molar-refractivity contribution in [3.8, 4) is 5.75 Å². The molecule has 1 atom stereocenters. The maximum absolute atomic E-state index is 12.7. The number of carbonyl (C=O) groups is 1. The number of ketones is 1. The van der Waals surface area contributed by atoms with Crippen molar-refractivity contribution >= 4 is 35.1 Å². The van der Waals surface area contributed by atoms with Crippen LogP contribution in [0.15, 0.2) is 89.2 Å². The Morgan fingerprint density at radius 1 is 1.05 bits per heavy atom. The average Bonchev–Trinajstić information content (AvgIpc) is 3.29. The van der Waals surface area contributed by atoms with Crippen LogP contribution in [0.25, 0.3) is 0 Å². The van der Waals surface area contributed by atoms with Gasteiger partial charge in [0.15, 0.2) is 5.78 Å². The van der Waals surface area contributed by atoms with Crippen LogP contribution in [0.3, 0.4) is 0 Å². The van der Waals surface area contributed by atoms with Gasteiger partial charge in [-0.05, 0) is 55.7 Å². The van der Waals surface area contributed by atoms with Crippen molar-refractivity contribution in [2.24, 2.45) is 0 Å². The summed E-state index contributed by atoms with van der Waals surface area (Å²) in [6.45, 7) is 6.04. The molecule has 0 saturated carbocycles. The van der Waals surface area contributed by atoms with Crippen molar-refractivity contribution in [1.29, 1.82) is 0 Å². The molecule has 1 aromatic heterocycles. The van der Waals surface area contributed by atoms with Crippen molar-refractivity contribution in [3.63, 3.8) is 0 Å². The summed E-state index contributed by atoms with van der Waals surface area (Å²) < 4.78 is 7.78. The van der Waals surface area contributed by atoms with Crippen LogP contribution in [0.5, 0.6) is 5.75 Å². The number of benzene rings is 3. The number of aryl methyl sites for hydroxylation is 1. The Hall–Kier alpha value is -3.55. The number of fused-ring (bicyclic) bond motifs is 1. The van der Waals surface area contributed by atoms with E-state index in [9.17, 15) is 4.79 Å². The normalized spacial score (nSPS) is 14.8. The molecule has 0 amide bonds. The van der Waals surface area contributed by atoms with Crippen LogP contribution in [-0.4, -0.2) is 20.5 Å². The van der Waals surface area contributed by atoms with Crippen LogP contribution in [0.1, 0.15) is 42.1 Å². The standard InChI is InChI=1S/C29H27ClN4O2S/c1-18-8-10-21(11-9-18)16-36-24-14-12-22(13-15-24)27-26(20(3)35)19(2)31-28-32-29(33-34(27)28)37-17-23-6-4-5-7-25(23)30/h4-15,27H,16-17H2,1-3H3,(H,31,32,33). The predicted octanol–water partition coefficient (Wildman–Crippen LogP) is 6.99. The lowest BCUT2D eigenvalue weighted by atomic mass is 9.93. The van der Waals surface area contributed by atoms with E-state index >= 15 is 0 Å². The van der Waals surface area contributed by atoms with Gasteiger partial charge in [-0.1, -0.05) is 83.5 Å². The third kappa shape index (κ3) is 5.58. The van der Waals surface area contributed by atoms with E-state index in [1.54, 1.807) is 11.6 Å². The highest BCUT2D eigenvalue weighted by Crippen LogP contribution is 2.37. The second kappa shape index (κ2) is 10.8. The number of thioether (sulfide) groups is 1. The Bertz CT molecular complexity index is 1460. The van der Waals surface area contributed by atoms with E-state index in [2.05, 4.69) is 36.5 Å². The van der Waals surface area contributed by atoms with E-state index in [-0.39, 0.29) is 11.8 Å². The molecule has 188 valence electrons. The highest BCUT2D eigenvalue weighted by Gasteiger charge is 2.32. The Balaban J connectivity index is 1.38. The SMILES string of the molecule is CC(=O)C1=C(C)Nc2nc(SCc3ccccc3Cl)nn2C1c1ccc(OCc2ccc(C)cc2)cc1. The van der Waals surface area contributed by atoms with Gasteiger partial charge in [0, 0.05) is 22.0 Å². The molecule has 0 aliphatic carbocycles. The van der Waals surface area contributed by atoms with Crippen molar-refractivity contribution in [2.75, 3.05) is 5.32 Å². The molecule has 1 N–H and O–H groups in total. The van der Waals surface area contributed by atoms with E-state index in [1.165, 1.54) is 17.3 Å². The quantitative estimate of drug-likeness (QED) is 0.248. The molecule has 2 heterocycles. The first-order chi connectivity index (χ1) is 17.9. The van der Waals surface area contributed by atoms with E-state index in [1.807, 2.05) is 55.5 Å². The number of hydrogen-bond donors (Lipinski definition) is 1. The summed E-state index contributed by atoms with van der Waals surface area (Å²) in [4.78, 5) is 17.4. The van der Waals surface area contributed by atoms with Gasteiger partial charge >= 0.3 is 0 Å². The molecular formula is C29H27ClN4O2S. The fourth-order valence-corrected chi connectivity index (χ4v) is 5.43. The van der Waals surface area contributed by atoms with E-state index in [0.717, 1.165) is 33.2 Å². The average molecular weight is 531 g/mol. The molecule has 0 radical (unpaired) electrons. The third-order valence-corrected chi connectivity index (χ3v) is 7.50. The molecule has 1 aliphatic rings. The first-order valence-electron chi connectivity index (χ1n) is 12.0. The van der Waals surface area contributed by atoms with Gasteiger partial charge in [0.25, 0.3) is 0 Å². The van der Waals surface area contributed by atoms with Crippen LogP contribution < -0.4 is 10.1 Å². The number of allylic oxidation sites excluding steroid dienone is 2. The molecule has 0 spiro atoms. The minimum atomic E-state index is -0.387. The first kappa shape index (κ1) is 25.1. The Labute approximate surface area is 225 Å². The minimum Gasteiger partial charge on any atom is -0.489 e. The van der Waals surface area contributed by atoms with E-state index in [4.69, 9.17) is 26.4 Å². The molecule has 5 rings (SSSR count). The Morgan fingerprint density at radius 2 is 1.78 bits per heavy atom. The minimum absolute atomic E-state index is 0.0129. The summed E-state index contributed by atoms with van der Waals surface area (Å²) in [7, 11) is 0. The second-order valence-corrected chi connectivity index (χ2v) is 10.4. The summed E-state index contributed by atoms with van der Waals surface area (Å²) in [5, 5.41) is 9.36. The first-order valence-corrected chi connectivity index (χ1v) is 13.3. The van der Waals surface area contributed by atoms with Gasteiger partial charge in [0.2, 0.25) is 11.1 Å². The fourth-order valence-electron chi connectivity index (χ4n) is 4.31. The molecule has 8 heteroatoms. The molecule has 0 fully saturated rings. The maximum Gasteiger partial charge on any atom is 0.227 e. The van der Waals surface area contributed by atoms with Gasteiger partial charge in [-0.15, -0.1) is 5.10 Å². The number of hydrogen-bond acceptors (Lipinski definition) is 6. The van der Waals surface area contributed by atoms with Crippen LogP contribution >= 0.6 is 23.4 Å².